The van der Waals surface area contributed by atoms with Gasteiger partial charge in [0.25, 0.3) is 0 Å². The van der Waals surface area contributed by atoms with Gasteiger partial charge in [-0.3, -0.25) is 5.10 Å². The van der Waals surface area contributed by atoms with Gasteiger partial charge in [-0.2, -0.15) is 5.10 Å². The molecule has 2 aromatic rings. The molecule has 0 saturated heterocycles. The van der Waals surface area contributed by atoms with E-state index in [1.807, 2.05) is 31.6 Å². The number of aromatic nitrogens is 3. The molecule has 0 amide bonds. The molecule has 0 unspecified atom stereocenters. The van der Waals surface area contributed by atoms with Gasteiger partial charge in [-0.05, 0) is 12.1 Å². The normalized spacial score (nSPS) is 9.92. The summed E-state index contributed by atoms with van der Waals surface area (Å²) in [5.74, 6) is 0.868. The first kappa shape index (κ1) is 7.79. The fourth-order valence-corrected chi connectivity index (χ4v) is 1.12. The Bertz CT molecular complexity index is 363. The predicted molar refractivity (Wildman–Crippen MR) is 51.4 cm³/mol. The van der Waals surface area contributed by atoms with Crippen molar-refractivity contribution in [1.29, 1.82) is 0 Å². The molecule has 2 aromatic heterocycles. The number of nitrogens with zero attached hydrogens (tertiary/aromatic N) is 2. The van der Waals surface area contributed by atoms with Crippen LogP contribution in [0.2, 0.25) is 0 Å². The maximum atomic E-state index is 4.20. The van der Waals surface area contributed by atoms with Crippen LogP contribution in [0.25, 0.3) is 11.1 Å². The maximum Gasteiger partial charge on any atom is 0.125 e. The van der Waals surface area contributed by atoms with E-state index in [4.69, 9.17) is 0 Å². The summed E-state index contributed by atoms with van der Waals surface area (Å²) < 4.78 is 0. The molecule has 4 heteroatoms. The first-order valence-electron chi connectivity index (χ1n) is 4.03. The molecule has 0 fully saturated rings. The van der Waals surface area contributed by atoms with E-state index in [0.29, 0.717) is 0 Å². The topological polar surface area (TPSA) is 53.6 Å². The minimum Gasteiger partial charge on any atom is -0.373 e. The molecule has 0 aliphatic carbocycles. The van der Waals surface area contributed by atoms with Crippen molar-refractivity contribution in [3.05, 3.63) is 30.7 Å². The van der Waals surface area contributed by atoms with Crippen LogP contribution in [0.5, 0.6) is 0 Å². The van der Waals surface area contributed by atoms with Gasteiger partial charge in [0, 0.05) is 30.6 Å². The smallest absolute Gasteiger partial charge is 0.125 e. The third kappa shape index (κ3) is 1.51. The standard InChI is InChI=1S/C9H10N4/c1-10-9-3-2-7(4-11-9)8-5-12-13-6-8/h2-6H,1H3,(H,10,11)(H,12,13). The summed E-state index contributed by atoms with van der Waals surface area (Å²) in [5.41, 5.74) is 2.11. The van der Waals surface area contributed by atoms with Gasteiger partial charge in [-0.25, -0.2) is 4.98 Å². The number of rotatable bonds is 2. The molecule has 0 aliphatic rings. The van der Waals surface area contributed by atoms with Gasteiger partial charge in [-0.1, -0.05) is 0 Å². The van der Waals surface area contributed by atoms with Gasteiger partial charge in [0.05, 0.1) is 6.20 Å². The Balaban J connectivity index is 2.33. The summed E-state index contributed by atoms with van der Waals surface area (Å²) in [6.07, 6.45) is 5.43. The zero-order chi connectivity index (χ0) is 9.10. The summed E-state index contributed by atoms with van der Waals surface area (Å²) in [7, 11) is 1.85. The number of aromatic amines is 1. The predicted octanol–water partition coefficient (Wildman–Crippen LogP) is 1.51. The van der Waals surface area contributed by atoms with Crippen LogP contribution in [0.3, 0.4) is 0 Å². The van der Waals surface area contributed by atoms with E-state index in [-0.39, 0.29) is 0 Å². The number of hydrogen-bond donors (Lipinski definition) is 2. The molecule has 13 heavy (non-hydrogen) atoms. The van der Waals surface area contributed by atoms with Crippen LogP contribution in [0.15, 0.2) is 30.7 Å². The van der Waals surface area contributed by atoms with E-state index in [1.165, 1.54) is 0 Å². The molecule has 4 nitrogen and oxygen atoms in total. The molecule has 0 aromatic carbocycles. The van der Waals surface area contributed by atoms with Crippen LogP contribution in [0.1, 0.15) is 0 Å². The van der Waals surface area contributed by atoms with E-state index in [0.717, 1.165) is 16.9 Å². The molecule has 0 bridgehead atoms. The van der Waals surface area contributed by atoms with Gasteiger partial charge in [0.2, 0.25) is 0 Å². The molecular weight excluding hydrogens is 164 g/mol. The van der Waals surface area contributed by atoms with Crippen molar-refractivity contribution < 1.29 is 0 Å². The van der Waals surface area contributed by atoms with Gasteiger partial charge in [-0.15, -0.1) is 0 Å². The third-order valence-electron chi connectivity index (χ3n) is 1.85. The minimum absolute atomic E-state index is 0.868. The lowest BCUT2D eigenvalue weighted by Crippen LogP contribution is -1.90. The Morgan fingerprint density at radius 1 is 1.23 bits per heavy atom. The lowest BCUT2D eigenvalue weighted by Gasteiger charge is -1.99. The van der Waals surface area contributed by atoms with Gasteiger partial charge in [0.15, 0.2) is 0 Å². The summed E-state index contributed by atoms with van der Waals surface area (Å²) in [4.78, 5) is 4.20. The van der Waals surface area contributed by atoms with E-state index >= 15 is 0 Å². The Labute approximate surface area is 76.0 Å². The van der Waals surface area contributed by atoms with E-state index in [1.54, 1.807) is 6.20 Å². The summed E-state index contributed by atoms with van der Waals surface area (Å²) in [6.45, 7) is 0. The Morgan fingerprint density at radius 3 is 2.69 bits per heavy atom. The Morgan fingerprint density at radius 2 is 2.15 bits per heavy atom. The Kier molecular flexibility index (Phi) is 1.96. The zero-order valence-electron chi connectivity index (χ0n) is 7.28. The average Bonchev–Trinajstić information content (AvgIpc) is 2.71. The summed E-state index contributed by atoms with van der Waals surface area (Å²) >= 11 is 0. The highest BCUT2D eigenvalue weighted by atomic mass is 15.1. The second-order valence-corrected chi connectivity index (χ2v) is 2.67. The second kappa shape index (κ2) is 3.26. The highest BCUT2D eigenvalue weighted by Crippen LogP contribution is 2.17. The van der Waals surface area contributed by atoms with Crippen molar-refractivity contribution in [1.82, 2.24) is 15.2 Å². The lowest BCUT2D eigenvalue weighted by molar-refractivity contribution is 1.09. The van der Waals surface area contributed by atoms with Crippen molar-refractivity contribution in [3.8, 4) is 11.1 Å². The van der Waals surface area contributed by atoms with Crippen LogP contribution in [-0.2, 0) is 0 Å². The van der Waals surface area contributed by atoms with Gasteiger partial charge < -0.3 is 5.32 Å². The molecule has 66 valence electrons. The number of H-pyrrole nitrogens is 1. The quantitative estimate of drug-likeness (QED) is 0.725. The summed E-state index contributed by atoms with van der Waals surface area (Å²) in [6, 6.07) is 3.94. The fraction of sp³-hybridized carbons (Fsp3) is 0.111. The van der Waals surface area contributed by atoms with E-state index in [2.05, 4.69) is 20.5 Å². The van der Waals surface area contributed by atoms with Crippen LogP contribution >= 0.6 is 0 Å². The van der Waals surface area contributed by atoms with Crippen LogP contribution in [0, 0.1) is 0 Å². The van der Waals surface area contributed by atoms with Gasteiger partial charge >= 0.3 is 0 Å². The van der Waals surface area contributed by atoms with E-state index in [9.17, 15) is 0 Å². The maximum absolute atomic E-state index is 4.20. The van der Waals surface area contributed by atoms with E-state index < -0.39 is 0 Å². The lowest BCUT2D eigenvalue weighted by atomic mass is 10.2. The second-order valence-electron chi connectivity index (χ2n) is 2.67. The van der Waals surface area contributed by atoms with Crippen LogP contribution < -0.4 is 5.32 Å². The number of anilines is 1. The molecular formula is C9H10N4. The fourth-order valence-electron chi connectivity index (χ4n) is 1.12. The summed E-state index contributed by atoms with van der Waals surface area (Å²) in [5, 5.41) is 9.60. The van der Waals surface area contributed by atoms with Crippen molar-refractivity contribution in [2.24, 2.45) is 0 Å². The molecule has 0 spiro atoms. The SMILES string of the molecule is CNc1ccc(-c2cn[nH]c2)cn1. The first-order chi connectivity index (χ1) is 6.40. The molecule has 2 heterocycles. The number of hydrogen-bond acceptors (Lipinski definition) is 3. The molecule has 0 saturated carbocycles. The van der Waals surface area contributed by atoms with Crippen molar-refractivity contribution in [3.63, 3.8) is 0 Å². The van der Waals surface area contributed by atoms with Crippen molar-refractivity contribution in [2.45, 2.75) is 0 Å². The van der Waals surface area contributed by atoms with Crippen molar-refractivity contribution >= 4 is 5.82 Å². The average molecular weight is 174 g/mol. The minimum atomic E-state index is 0.868. The van der Waals surface area contributed by atoms with Gasteiger partial charge in [0.1, 0.15) is 5.82 Å². The molecule has 0 radical (unpaired) electrons. The third-order valence-corrected chi connectivity index (χ3v) is 1.85. The highest BCUT2D eigenvalue weighted by molar-refractivity contribution is 5.61. The molecule has 2 rings (SSSR count). The van der Waals surface area contributed by atoms with Crippen LogP contribution in [0.4, 0.5) is 5.82 Å². The number of pyridine rings is 1. The zero-order valence-corrected chi connectivity index (χ0v) is 7.28. The van der Waals surface area contributed by atoms with Crippen molar-refractivity contribution in [2.75, 3.05) is 12.4 Å². The van der Waals surface area contributed by atoms with Crippen LogP contribution in [-0.4, -0.2) is 22.2 Å². The highest BCUT2D eigenvalue weighted by Gasteiger charge is 1.98. The molecule has 0 aliphatic heterocycles. The molecule has 2 N–H and O–H groups in total. The largest absolute Gasteiger partial charge is 0.373 e. The first-order valence-corrected chi connectivity index (χ1v) is 4.03. The molecule has 0 atom stereocenters. The number of nitrogens with one attached hydrogen (secondary N) is 2. The monoisotopic (exact) mass is 174 g/mol. The Hall–Kier alpha value is -1.84.